The zero-order valence-corrected chi connectivity index (χ0v) is 14.5. The van der Waals surface area contributed by atoms with Gasteiger partial charge in [-0.2, -0.15) is 0 Å². The highest BCUT2D eigenvalue weighted by Gasteiger charge is 2.20. The van der Waals surface area contributed by atoms with Gasteiger partial charge in [0.1, 0.15) is 5.82 Å². The number of aromatic nitrogens is 2. The maximum absolute atomic E-state index is 12.5. The standard InChI is InChI=1S/C20H21N5O/c26-20(23-18-7-3-5-16-4-1-2-6-17(16)18)15-24-10-12-25(13-11-24)19-14-21-8-9-22-19/h1-9,14H,10-13,15H2,(H,23,26). The normalized spacial score (nSPS) is 15.2. The maximum atomic E-state index is 12.5. The van der Waals surface area contributed by atoms with Crippen LogP contribution >= 0.6 is 0 Å². The fourth-order valence-electron chi connectivity index (χ4n) is 3.32. The summed E-state index contributed by atoms with van der Waals surface area (Å²) >= 11 is 0. The van der Waals surface area contributed by atoms with Crippen LogP contribution in [-0.2, 0) is 4.79 Å². The first kappa shape index (κ1) is 16.5. The molecule has 0 aliphatic carbocycles. The fraction of sp³-hybridized carbons (Fsp3) is 0.250. The summed E-state index contributed by atoms with van der Waals surface area (Å²) in [6.07, 6.45) is 5.17. The Morgan fingerprint density at radius 2 is 1.81 bits per heavy atom. The number of hydrogen-bond acceptors (Lipinski definition) is 5. The Morgan fingerprint density at radius 1 is 1.00 bits per heavy atom. The topological polar surface area (TPSA) is 61.4 Å². The largest absolute Gasteiger partial charge is 0.353 e. The Labute approximate surface area is 152 Å². The molecule has 2 heterocycles. The third-order valence-corrected chi connectivity index (χ3v) is 4.68. The molecule has 0 atom stereocenters. The van der Waals surface area contributed by atoms with Crippen molar-refractivity contribution in [1.29, 1.82) is 0 Å². The monoisotopic (exact) mass is 347 g/mol. The Kier molecular flexibility index (Phi) is 4.75. The summed E-state index contributed by atoms with van der Waals surface area (Å²) in [5.41, 5.74) is 0.867. The van der Waals surface area contributed by atoms with E-state index in [4.69, 9.17) is 0 Å². The SMILES string of the molecule is O=C(CN1CCN(c2cnccn2)CC1)Nc1cccc2ccccc12. The Morgan fingerprint density at radius 3 is 2.62 bits per heavy atom. The number of nitrogens with zero attached hydrogens (tertiary/aromatic N) is 4. The summed E-state index contributed by atoms with van der Waals surface area (Å²) in [5, 5.41) is 5.25. The van der Waals surface area contributed by atoms with Crippen molar-refractivity contribution in [3.63, 3.8) is 0 Å². The van der Waals surface area contributed by atoms with E-state index in [-0.39, 0.29) is 5.91 Å². The van der Waals surface area contributed by atoms with Crippen molar-refractivity contribution in [3.8, 4) is 0 Å². The van der Waals surface area contributed by atoms with E-state index >= 15 is 0 Å². The van der Waals surface area contributed by atoms with Crippen molar-refractivity contribution in [2.24, 2.45) is 0 Å². The number of nitrogens with one attached hydrogen (secondary N) is 1. The molecule has 1 saturated heterocycles. The Bertz CT molecular complexity index is 886. The zero-order valence-electron chi connectivity index (χ0n) is 14.5. The molecule has 3 aromatic rings. The number of rotatable bonds is 4. The second-order valence-electron chi connectivity index (χ2n) is 6.40. The van der Waals surface area contributed by atoms with Crippen LogP contribution < -0.4 is 10.2 Å². The van der Waals surface area contributed by atoms with Crippen LogP contribution in [0.1, 0.15) is 0 Å². The molecule has 0 spiro atoms. The minimum absolute atomic E-state index is 0.0225. The molecule has 1 fully saturated rings. The highest BCUT2D eigenvalue weighted by molar-refractivity contribution is 6.02. The maximum Gasteiger partial charge on any atom is 0.238 e. The van der Waals surface area contributed by atoms with Crippen molar-refractivity contribution in [1.82, 2.24) is 14.9 Å². The smallest absolute Gasteiger partial charge is 0.238 e. The predicted molar refractivity (Wildman–Crippen MR) is 103 cm³/mol. The highest BCUT2D eigenvalue weighted by Crippen LogP contribution is 2.23. The highest BCUT2D eigenvalue weighted by atomic mass is 16.2. The first-order valence-corrected chi connectivity index (χ1v) is 8.80. The molecule has 132 valence electrons. The van der Waals surface area contributed by atoms with Crippen LogP contribution in [-0.4, -0.2) is 53.5 Å². The molecule has 0 bridgehead atoms. The molecule has 4 rings (SSSR count). The van der Waals surface area contributed by atoms with Gasteiger partial charge in [0, 0.05) is 49.6 Å². The molecule has 1 aliphatic rings. The number of carbonyl (C=O) groups excluding carboxylic acids is 1. The molecular formula is C20H21N5O. The average molecular weight is 347 g/mol. The van der Waals surface area contributed by atoms with E-state index in [9.17, 15) is 4.79 Å². The molecule has 6 nitrogen and oxygen atoms in total. The lowest BCUT2D eigenvalue weighted by Crippen LogP contribution is -2.49. The summed E-state index contributed by atoms with van der Waals surface area (Å²) in [6.45, 7) is 3.76. The van der Waals surface area contributed by atoms with Crippen LogP contribution in [0.3, 0.4) is 0 Å². The number of amides is 1. The molecule has 1 aromatic heterocycles. The van der Waals surface area contributed by atoms with Gasteiger partial charge >= 0.3 is 0 Å². The van der Waals surface area contributed by atoms with Gasteiger partial charge in [-0.25, -0.2) is 4.98 Å². The number of benzene rings is 2. The number of piperazine rings is 1. The van der Waals surface area contributed by atoms with Crippen LogP contribution in [0, 0.1) is 0 Å². The molecule has 0 saturated carbocycles. The summed E-state index contributed by atoms with van der Waals surface area (Å²) in [4.78, 5) is 25.3. The first-order chi connectivity index (χ1) is 12.8. The lowest BCUT2D eigenvalue weighted by Gasteiger charge is -2.34. The number of anilines is 2. The number of fused-ring (bicyclic) bond motifs is 1. The van der Waals surface area contributed by atoms with Crippen molar-refractivity contribution in [3.05, 3.63) is 61.1 Å². The quantitative estimate of drug-likeness (QED) is 0.785. The van der Waals surface area contributed by atoms with Gasteiger partial charge in [0.05, 0.1) is 12.7 Å². The molecule has 26 heavy (non-hydrogen) atoms. The zero-order chi connectivity index (χ0) is 17.8. The predicted octanol–water partition coefficient (Wildman–Crippen LogP) is 2.39. The van der Waals surface area contributed by atoms with E-state index < -0.39 is 0 Å². The summed E-state index contributed by atoms with van der Waals surface area (Å²) in [6, 6.07) is 14.1. The van der Waals surface area contributed by atoms with Gasteiger partial charge in [-0.3, -0.25) is 14.7 Å². The van der Waals surface area contributed by atoms with Gasteiger partial charge < -0.3 is 10.2 Å². The molecule has 2 aromatic carbocycles. The van der Waals surface area contributed by atoms with Crippen LogP contribution in [0.4, 0.5) is 11.5 Å². The van der Waals surface area contributed by atoms with E-state index in [1.165, 1.54) is 0 Å². The fourth-order valence-corrected chi connectivity index (χ4v) is 3.32. The average Bonchev–Trinajstić information content (AvgIpc) is 2.69. The van der Waals surface area contributed by atoms with Crippen molar-refractivity contribution < 1.29 is 4.79 Å². The molecule has 6 heteroatoms. The van der Waals surface area contributed by atoms with Gasteiger partial charge in [-0.1, -0.05) is 36.4 Å². The third kappa shape index (κ3) is 3.65. The van der Waals surface area contributed by atoms with Gasteiger partial charge in [0.25, 0.3) is 0 Å². The lowest BCUT2D eigenvalue weighted by molar-refractivity contribution is -0.117. The molecule has 1 amide bonds. The number of carbonyl (C=O) groups is 1. The van der Waals surface area contributed by atoms with Gasteiger partial charge in [-0.15, -0.1) is 0 Å². The second-order valence-corrected chi connectivity index (χ2v) is 6.40. The summed E-state index contributed by atoms with van der Waals surface area (Å²) < 4.78 is 0. The minimum atomic E-state index is 0.0225. The van der Waals surface area contributed by atoms with E-state index in [1.54, 1.807) is 18.6 Å². The minimum Gasteiger partial charge on any atom is -0.353 e. The first-order valence-electron chi connectivity index (χ1n) is 8.80. The summed E-state index contributed by atoms with van der Waals surface area (Å²) in [7, 11) is 0. The van der Waals surface area contributed by atoms with E-state index in [2.05, 4.69) is 37.2 Å². The Hall–Kier alpha value is -2.99. The van der Waals surface area contributed by atoms with Gasteiger partial charge in [-0.05, 0) is 11.5 Å². The van der Waals surface area contributed by atoms with Crippen LogP contribution in [0.2, 0.25) is 0 Å². The van der Waals surface area contributed by atoms with Gasteiger partial charge in [0.2, 0.25) is 5.91 Å². The van der Waals surface area contributed by atoms with Crippen LogP contribution in [0.25, 0.3) is 10.8 Å². The lowest BCUT2D eigenvalue weighted by atomic mass is 10.1. The van der Waals surface area contributed by atoms with Crippen molar-refractivity contribution in [2.45, 2.75) is 0 Å². The Balaban J connectivity index is 1.34. The van der Waals surface area contributed by atoms with Crippen LogP contribution in [0.15, 0.2) is 61.1 Å². The molecule has 1 N–H and O–H groups in total. The van der Waals surface area contributed by atoms with Crippen LogP contribution in [0.5, 0.6) is 0 Å². The molecular weight excluding hydrogens is 326 g/mol. The molecule has 1 aliphatic heterocycles. The third-order valence-electron chi connectivity index (χ3n) is 4.68. The van der Waals surface area contributed by atoms with Crippen molar-refractivity contribution >= 4 is 28.2 Å². The molecule has 0 radical (unpaired) electrons. The van der Waals surface area contributed by atoms with E-state index in [1.807, 2.05) is 30.3 Å². The summed E-state index contributed by atoms with van der Waals surface area (Å²) in [5.74, 6) is 0.918. The molecule has 0 unspecified atom stereocenters. The second kappa shape index (κ2) is 7.49. The van der Waals surface area contributed by atoms with Crippen molar-refractivity contribution in [2.75, 3.05) is 42.9 Å². The van der Waals surface area contributed by atoms with E-state index in [0.717, 1.165) is 48.5 Å². The van der Waals surface area contributed by atoms with E-state index in [0.29, 0.717) is 6.54 Å². The number of hydrogen-bond donors (Lipinski definition) is 1. The van der Waals surface area contributed by atoms with Gasteiger partial charge in [0.15, 0.2) is 0 Å².